The second-order valence-corrected chi connectivity index (χ2v) is 4.76. The van der Waals surface area contributed by atoms with Gasteiger partial charge in [0.15, 0.2) is 0 Å². The summed E-state index contributed by atoms with van der Waals surface area (Å²) < 4.78 is 5.44. The first-order chi connectivity index (χ1) is 8.99. The first kappa shape index (κ1) is 13.5. The van der Waals surface area contributed by atoms with E-state index < -0.39 is 0 Å². The molecule has 0 aliphatic rings. The fourth-order valence-electron chi connectivity index (χ4n) is 1.80. The minimum atomic E-state index is -0.189. The maximum Gasteiger partial charge on any atom is 0.255 e. The molecule has 0 fully saturated rings. The Kier molecular flexibility index (Phi) is 3.81. The lowest BCUT2D eigenvalue weighted by atomic mass is 10.1. The fraction of sp³-hybridized carbons (Fsp3) is 0.214. The molecule has 0 atom stereocenters. The number of nitrogen functional groups attached to an aromatic ring is 1. The molecule has 2 rings (SSSR count). The van der Waals surface area contributed by atoms with Crippen LogP contribution in [0.4, 0.5) is 5.69 Å². The van der Waals surface area contributed by atoms with Crippen LogP contribution < -0.4 is 5.73 Å². The largest absolute Gasteiger partial charge is 0.464 e. The molecule has 100 valence electrons. The van der Waals surface area contributed by atoms with Crippen LogP contribution in [0.5, 0.6) is 0 Å². The Hall–Kier alpha value is -1.94. The van der Waals surface area contributed by atoms with Crippen LogP contribution in [0.2, 0.25) is 5.02 Å². The smallest absolute Gasteiger partial charge is 0.255 e. The van der Waals surface area contributed by atoms with Crippen molar-refractivity contribution in [2.24, 2.45) is 0 Å². The summed E-state index contributed by atoms with van der Waals surface area (Å²) in [6.45, 7) is 2.25. The molecule has 19 heavy (non-hydrogen) atoms. The van der Waals surface area contributed by atoms with Gasteiger partial charge in [0.2, 0.25) is 0 Å². The molecule has 0 saturated heterocycles. The van der Waals surface area contributed by atoms with Gasteiger partial charge < -0.3 is 15.1 Å². The number of benzene rings is 1. The van der Waals surface area contributed by atoms with E-state index >= 15 is 0 Å². The van der Waals surface area contributed by atoms with Gasteiger partial charge >= 0.3 is 0 Å². The number of anilines is 1. The molecular weight excluding hydrogens is 264 g/mol. The number of rotatable bonds is 3. The van der Waals surface area contributed by atoms with Crippen molar-refractivity contribution in [2.75, 3.05) is 12.8 Å². The molecule has 1 heterocycles. The van der Waals surface area contributed by atoms with Gasteiger partial charge in [-0.15, -0.1) is 0 Å². The molecule has 2 N–H and O–H groups in total. The summed E-state index contributed by atoms with van der Waals surface area (Å²) in [5.74, 6) is 1.36. The van der Waals surface area contributed by atoms with Gasteiger partial charge in [-0.3, -0.25) is 4.79 Å². The molecule has 0 aliphatic heterocycles. The quantitative estimate of drug-likeness (QED) is 0.878. The van der Waals surface area contributed by atoms with Crippen molar-refractivity contribution in [3.05, 3.63) is 52.4 Å². The monoisotopic (exact) mass is 278 g/mol. The number of hydrogen-bond donors (Lipinski definition) is 1. The number of carbonyl (C=O) groups is 1. The highest BCUT2D eigenvalue weighted by Gasteiger charge is 2.17. The van der Waals surface area contributed by atoms with E-state index in [1.54, 1.807) is 30.1 Å². The predicted octanol–water partition coefficient (Wildman–Crippen LogP) is 3.10. The molecule has 4 nitrogen and oxygen atoms in total. The highest BCUT2D eigenvalue weighted by Crippen LogP contribution is 2.24. The van der Waals surface area contributed by atoms with E-state index in [2.05, 4.69) is 0 Å². The van der Waals surface area contributed by atoms with Crippen LogP contribution in [0, 0.1) is 6.92 Å². The van der Waals surface area contributed by atoms with Gasteiger partial charge in [-0.05, 0) is 31.2 Å². The Morgan fingerprint density at radius 1 is 1.37 bits per heavy atom. The van der Waals surface area contributed by atoms with Crippen LogP contribution in [-0.2, 0) is 6.54 Å². The van der Waals surface area contributed by atoms with Crippen molar-refractivity contribution in [1.82, 2.24) is 4.90 Å². The number of amides is 1. The molecule has 0 unspecified atom stereocenters. The van der Waals surface area contributed by atoms with Crippen molar-refractivity contribution in [2.45, 2.75) is 13.5 Å². The Morgan fingerprint density at radius 3 is 2.74 bits per heavy atom. The average Bonchev–Trinajstić information content (AvgIpc) is 2.77. The lowest BCUT2D eigenvalue weighted by molar-refractivity contribution is 0.0775. The maximum absolute atomic E-state index is 12.3. The number of hydrogen-bond acceptors (Lipinski definition) is 3. The molecule has 0 spiro atoms. The number of nitrogens with two attached hydrogens (primary N) is 1. The van der Waals surface area contributed by atoms with E-state index in [1.807, 2.05) is 19.1 Å². The molecule has 1 aromatic heterocycles. The molecule has 0 aliphatic carbocycles. The molecule has 2 aromatic rings. The van der Waals surface area contributed by atoms with Crippen LogP contribution >= 0.6 is 11.6 Å². The van der Waals surface area contributed by atoms with Gasteiger partial charge in [0.05, 0.1) is 22.8 Å². The number of carbonyl (C=O) groups excluding carboxylic acids is 1. The van der Waals surface area contributed by atoms with Gasteiger partial charge in [0, 0.05) is 7.05 Å². The molecule has 0 radical (unpaired) electrons. The molecule has 1 amide bonds. The van der Waals surface area contributed by atoms with Crippen molar-refractivity contribution < 1.29 is 9.21 Å². The third-order valence-electron chi connectivity index (χ3n) is 2.79. The highest BCUT2D eigenvalue weighted by molar-refractivity contribution is 6.36. The maximum atomic E-state index is 12.3. The van der Waals surface area contributed by atoms with Crippen LogP contribution in [-0.4, -0.2) is 17.9 Å². The van der Waals surface area contributed by atoms with Crippen LogP contribution in [0.15, 0.2) is 34.7 Å². The summed E-state index contributed by atoms with van der Waals surface area (Å²) in [6.07, 6.45) is 0. The Bertz CT molecular complexity index is 607. The first-order valence-electron chi connectivity index (χ1n) is 5.84. The van der Waals surface area contributed by atoms with E-state index in [4.69, 9.17) is 21.8 Å². The summed E-state index contributed by atoms with van der Waals surface area (Å²) in [7, 11) is 1.69. The highest BCUT2D eigenvalue weighted by atomic mass is 35.5. The van der Waals surface area contributed by atoms with Crippen LogP contribution in [0.25, 0.3) is 0 Å². The summed E-state index contributed by atoms with van der Waals surface area (Å²) in [5, 5.41) is 0.287. The molecule has 1 aromatic carbocycles. The molecule has 0 bridgehead atoms. The Labute approximate surface area is 116 Å². The zero-order valence-corrected chi connectivity index (χ0v) is 11.6. The summed E-state index contributed by atoms with van der Waals surface area (Å²) >= 11 is 6.04. The van der Waals surface area contributed by atoms with E-state index in [9.17, 15) is 4.79 Å². The van der Waals surface area contributed by atoms with E-state index in [0.717, 1.165) is 11.5 Å². The zero-order chi connectivity index (χ0) is 14.0. The van der Waals surface area contributed by atoms with Gasteiger partial charge in [-0.2, -0.15) is 0 Å². The first-order valence-corrected chi connectivity index (χ1v) is 6.21. The van der Waals surface area contributed by atoms with Crippen molar-refractivity contribution in [1.29, 1.82) is 0 Å². The lowest BCUT2D eigenvalue weighted by Crippen LogP contribution is -2.26. The third-order valence-corrected chi connectivity index (χ3v) is 3.22. The third kappa shape index (κ3) is 2.90. The molecule has 5 heteroatoms. The summed E-state index contributed by atoms with van der Waals surface area (Å²) in [4.78, 5) is 13.8. The van der Waals surface area contributed by atoms with Crippen molar-refractivity contribution in [3.8, 4) is 0 Å². The SMILES string of the molecule is Cc1ccc(CN(C)C(=O)c2cccc(N)c2Cl)o1. The standard InChI is InChI=1S/C14H15ClN2O2/c1-9-6-7-10(19-9)8-17(2)14(18)11-4-3-5-12(16)13(11)15/h3-7H,8,16H2,1-2H3. The predicted molar refractivity (Wildman–Crippen MR) is 75.1 cm³/mol. The molecular formula is C14H15ClN2O2. The van der Waals surface area contributed by atoms with Gasteiger partial charge in [-0.1, -0.05) is 17.7 Å². The van der Waals surface area contributed by atoms with E-state index in [1.165, 1.54) is 0 Å². The van der Waals surface area contributed by atoms with Crippen molar-refractivity contribution in [3.63, 3.8) is 0 Å². The average molecular weight is 279 g/mol. The fourth-order valence-corrected chi connectivity index (χ4v) is 2.00. The minimum Gasteiger partial charge on any atom is -0.464 e. The van der Waals surface area contributed by atoms with E-state index in [0.29, 0.717) is 17.8 Å². The minimum absolute atomic E-state index is 0.189. The second-order valence-electron chi connectivity index (χ2n) is 4.38. The Morgan fingerprint density at radius 2 is 2.11 bits per heavy atom. The number of aryl methyl sites for hydroxylation is 1. The number of furan rings is 1. The number of nitrogens with zero attached hydrogens (tertiary/aromatic N) is 1. The van der Waals surface area contributed by atoms with Gasteiger partial charge in [0.1, 0.15) is 11.5 Å². The van der Waals surface area contributed by atoms with Crippen LogP contribution in [0.1, 0.15) is 21.9 Å². The van der Waals surface area contributed by atoms with Crippen LogP contribution in [0.3, 0.4) is 0 Å². The Balaban J connectivity index is 2.17. The zero-order valence-electron chi connectivity index (χ0n) is 10.8. The normalized spacial score (nSPS) is 10.5. The number of halogens is 1. The summed E-state index contributed by atoms with van der Waals surface area (Å²) in [5.41, 5.74) is 6.49. The van der Waals surface area contributed by atoms with Gasteiger partial charge in [-0.25, -0.2) is 0 Å². The van der Waals surface area contributed by atoms with Crippen molar-refractivity contribution >= 4 is 23.2 Å². The summed E-state index contributed by atoms with van der Waals surface area (Å²) in [6, 6.07) is 8.74. The second kappa shape index (κ2) is 5.36. The lowest BCUT2D eigenvalue weighted by Gasteiger charge is -2.17. The topological polar surface area (TPSA) is 59.5 Å². The van der Waals surface area contributed by atoms with E-state index in [-0.39, 0.29) is 10.9 Å². The molecule has 0 saturated carbocycles. The van der Waals surface area contributed by atoms with Gasteiger partial charge in [0.25, 0.3) is 5.91 Å².